The predicted octanol–water partition coefficient (Wildman–Crippen LogP) is 23.0. The van der Waals surface area contributed by atoms with Crippen LogP contribution < -0.4 is 0 Å². The van der Waals surface area contributed by atoms with Crippen molar-refractivity contribution in [3.63, 3.8) is 0 Å². The van der Waals surface area contributed by atoms with Crippen molar-refractivity contribution >= 4 is 39.5 Å². The number of carbonyl (C=O) groups excluding carboxylic acids is 4. The minimum atomic E-state index is -4.96. The van der Waals surface area contributed by atoms with E-state index in [0.717, 1.165) is 109 Å². The first-order chi connectivity index (χ1) is 47.2. The molecule has 3 N–H and O–H groups in total. The van der Waals surface area contributed by atoms with Crippen LogP contribution in [0, 0.1) is 0 Å². The maximum Gasteiger partial charge on any atom is 0.472 e. The first kappa shape index (κ1) is 94.5. The molecule has 2 unspecified atom stereocenters. The third kappa shape index (κ3) is 71.7. The Morgan fingerprint density at radius 1 is 0.289 bits per heavy atom. The fraction of sp³-hybridized carbons (Fsp3) is 0.897. The molecule has 0 aromatic rings. The first-order valence-corrected chi connectivity index (χ1v) is 43.1. The average Bonchev–Trinajstić information content (AvgIpc) is 1.01. The largest absolute Gasteiger partial charge is 0.472 e. The van der Waals surface area contributed by atoms with E-state index in [1.165, 1.54) is 205 Å². The summed E-state index contributed by atoms with van der Waals surface area (Å²) < 4.78 is 68.5. The summed E-state index contributed by atoms with van der Waals surface area (Å²) in [5, 5.41) is 10.6. The van der Waals surface area contributed by atoms with Gasteiger partial charge in [0.05, 0.1) is 26.4 Å². The van der Waals surface area contributed by atoms with Crippen molar-refractivity contribution < 1.29 is 80.2 Å². The number of hydrogen-bond donors (Lipinski definition) is 3. The van der Waals surface area contributed by atoms with Gasteiger partial charge in [-0.15, -0.1) is 0 Å². The smallest absolute Gasteiger partial charge is 0.462 e. The van der Waals surface area contributed by atoms with E-state index in [2.05, 4.69) is 52.0 Å². The van der Waals surface area contributed by atoms with Crippen molar-refractivity contribution in [2.75, 3.05) is 39.6 Å². The van der Waals surface area contributed by atoms with E-state index in [1.807, 2.05) is 0 Å². The van der Waals surface area contributed by atoms with Crippen LogP contribution in [-0.2, 0) is 65.4 Å². The van der Waals surface area contributed by atoms with E-state index in [1.54, 1.807) is 0 Å². The summed E-state index contributed by atoms with van der Waals surface area (Å²) in [5.74, 6) is -2.14. The van der Waals surface area contributed by atoms with E-state index in [-0.39, 0.29) is 25.7 Å². The van der Waals surface area contributed by atoms with E-state index in [0.29, 0.717) is 25.7 Å². The van der Waals surface area contributed by atoms with Gasteiger partial charge < -0.3 is 33.8 Å². The Morgan fingerprint density at radius 2 is 0.495 bits per heavy atom. The van der Waals surface area contributed by atoms with Crippen molar-refractivity contribution in [3.8, 4) is 0 Å². The lowest BCUT2D eigenvalue weighted by Gasteiger charge is -2.21. The van der Waals surface area contributed by atoms with E-state index in [9.17, 15) is 43.2 Å². The Hall–Kier alpha value is -2.46. The van der Waals surface area contributed by atoms with Gasteiger partial charge in [-0.25, -0.2) is 9.13 Å². The van der Waals surface area contributed by atoms with E-state index >= 15 is 0 Å². The fourth-order valence-electron chi connectivity index (χ4n) is 11.6. The number of aliphatic hydroxyl groups excluding tert-OH is 1. The zero-order valence-corrected chi connectivity index (χ0v) is 64.3. The Labute approximate surface area is 592 Å². The molecule has 5 atom stereocenters. The molecule has 0 saturated heterocycles. The molecule has 572 valence electrons. The van der Waals surface area contributed by atoms with Gasteiger partial charge in [0.2, 0.25) is 0 Å². The molecule has 0 amide bonds. The highest BCUT2D eigenvalue weighted by Gasteiger charge is 2.30. The summed E-state index contributed by atoms with van der Waals surface area (Å²) in [6, 6.07) is 0. The van der Waals surface area contributed by atoms with Crippen molar-refractivity contribution in [1.82, 2.24) is 0 Å². The zero-order chi connectivity index (χ0) is 71.1. The maximum atomic E-state index is 13.1. The molecular formula is C78H148O17P2. The molecule has 0 saturated carbocycles. The normalized spacial score (nSPS) is 14.0. The van der Waals surface area contributed by atoms with Crippen LogP contribution in [-0.4, -0.2) is 96.7 Å². The molecule has 0 bridgehead atoms. The highest BCUT2D eigenvalue weighted by molar-refractivity contribution is 7.47. The van der Waals surface area contributed by atoms with Gasteiger partial charge >= 0.3 is 39.5 Å². The molecule has 0 aliphatic rings. The van der Waals surface area contributed by atoms with Gasteiger partial charge in [-0.05, 0) is 51.4 Å². The van der Waals surface area contributed by atoms with Gasteiger partial charge in [-0.3, -0.25) is 37.3 Å². The highest BCUT2D eigenvalue weighted by Crippen LogP contribution is 2.45. The van der Waals surface area contributed by atoms with Gasteiger partial charge in [-0.2, -0.15) is 0 Å². The van der Waals surface area contributed by atoms with Crippen LogP contribution in [0.2, 0.25) is 0 Å². The quantitative estimate of drug-likeness (QED) is 0.0169. The van der Waals surface area contributed by atoms with Gasteiger partial charge in [0.1, 0.15) is 19.3 Å². The van der Waals surface area contributed by atoms with Crippen LogP contribution in [0.15, 0.2) is 24.3 Å². The molecule has 0 aliphatic heterocycles. The number of unbranched alkanes of at least 4 members (excludes halogenated alkanes) is 48. The third-order valence-electron chi connectivity index (χ3n) is 17.7. The third-order valence-corrected chi connectivity index (χ3v) is 19.6. The summed E-state index contributed by atoms with van der Waals surface area (Å²) in [7, 11) is -9.92. The van der Waals surface area contributed by atoms with Crippen molar-refractivity contribution in [2.24, 2.45) is 0 Å². The maximum absolute atomic E-state index is 13.1. The SMILES string of the molecule is CCCCCC/C=C\C=C/CCCCCCCC(=O)O[C@H](COC(=O)CCCCCCCCCC)COP(=O)(O)OC[C@H](O)COP(=O)(O)OC[C@@H](COC(=O)CCCCCCCCCCCCCCCCCCC)OC(=O)CCCCCCCCCCCCCCCCCCC. The molecule has 0 aliphatic carbocycles. The standard InChI is InChI=1S/C78H148O17P2/c1-5-9-13-17-21-25-28-31-34-36-39-41-44-47-51-55-59-63-76(81)89-69-74(95-78(83)65-61-57-53-49-46-43-40-37-35-32-29-26-22-18-14-10-6-2)71-93-97(86,87)91-67-72(79)66-90-96(84,85)92-70-73(68-88-75(80)62-58-54-50-24-20-16-12-8-4)94-77(82)64-60-56-52-48-45-42-38-33-30-27-23-19-15-11-7-3/h27,30,33,38,72-74,79H,5-26,28-29,31-32,34-37,39-71H2,1-4H3,(H,84,85)(H,86,87)/b30-27-,38-33-/t72-,73+,74+/m0/s1. The second kappa shape index (κ2) is 71.9. The number of hydrogen-bond acceptors (Lipinski definition) is 15. The van der Waals surface area contributed by atoms with Gasteiger partial charge in [0.15, 0.2) is 12.2 Å². The van der Waals surface area contributed by atoms with Crippen LogP contribution in [0.5, 0.6) is 0 Å². The molecule has 0 aromatic heterocycles. The number of ether oxygens (including phenoxy) is 4. The van der Waals surface area contributed by atoms with Crippen LogP contribution in [0.25, 0.3) is 0 Å². The lowest BCUT2D eigenvalue weighted by atomic mass is 10.0. The fourth-order valence-corrected chi connectivity index (χ4v) is 13.1. The predicted molar refractivity (Wildman–Crippen MR) is 395 cm³/mol. The molecule has 0 radical (unpaired) electrons. The Kier molecular flexibility index (Phi) is 70.1. The minimum Gasteiger partial charge on any atom is -0.462 e. The van der Waals surface area contributed by atoms with Crippen molar-refractivity contribution in [2.45, 2.75) is 412 Å². The molecule has 0 rings (SSSR count). The monoisotopic (exact) mass is 1420 g/mol. The van der Waals surface area contributed by atoms with Gasteiger partial charge in [-0.1, -0.05) is 341 Å². The molecule has 97 heavy (non-hydrogen) atoms. The number of rotatable bonds is 77. The Balaban J connectivity index is 5.24. The Morgan fingerprint density at radius 3 is 0.753 bits per heavy atom. The average molecular weight is 1420 g/mol. The lowest BCUT2D eigenvalue weighted by molar-refractivity contribution is -0.161. The second-order valence-corrected chi connectivity index (χ2v) is 30.3. The molecule has 0 fully saturated rings. The molecule has 0 aromatic carbocycles. The van der Waals surface area contributed by atoms with E-state index in [4.69, 9.17) is 37.0 Å². The number of allylic oxidation sites excluding steroid dienone is 4. The number of aliphatic hydroxyl groups is 1. The van der Waals surface area contributed by atoms with Crippen molar-refractivity contribution in [1.29, 1.82) is 0 Å². The summed E-state index contributed by atoms with van der Waals surface area (Å²) >= 11 is 0. The summed E-state index contributed by atoms with van der Waals surface area (Å²) in [6.07, 6.45) is 66.0. The molecule has 17 nitrogen and oxygen atoms in total. The summed E-state index contributed by atoms with van der Waals surface area (Å²) in [5.41, 5.74) is 0. The van der Waals surface area contributed by atoms with Crippen molar-refractivity contribution in [3.05, 3.63) is 24.3 Å². The number of carbonyl (C=O) groups is 4. The topological polar surface area (TPSA) is 237 Å². The zero-order valence-electron chi connectivity index (χ0n) is 62.5. The second-order valence-electron chi connectivity index (χ2n) is 27.4. The Bertz CT molecular complexity index is 1940. The minimum absolute atomic E-state index is 0.0854. The molecule has 19 heteroatoms. The van der Waals surface area contributed by atoms with Gasteiger partial charge in [0.25, 0.3) is 0 Å². The molecule has 0 spiro atoms. The number of esters is 4. The number of phosphoric ester groups is 2. The van der Waals surface area contributed by atoms with E-state index < -0.39 is 97.5 Å². The van der Waals surface area contributed by atoms with Gasteiger partial charge in [0, 0.05) is 25.7 Å². The summed E-state index contributed by atoms with van der Waals surface area (Å²) in [4.78, 5) is 72.8. The van der Waals surface area contributed by atoms with Crippen LogP contribution in [0.1, 0.15) is 394 Å². The number of phosphoric acid groups is 2. The molecular weight excluding hydrogens is 1270 g/mol. The first-order valence-electron chi connectivity index (χ1n) is 40.1. The van der Waals surface area contributed by atoms with Crippen LogP contribution >= 0.6 is 15.6 Å². The lowest BCUT2D eigenvalue weighted by Crippen LogP contribution is -2.30. The van der Waals surface area contributed by atoms with Crippen LogP contribution in [0.3, 0.4) is 0 Å². The van der Waals surface area contributed by atoms with Crippen LogP contribution in [0.4, 0.5) is 0 Å². The highest BCUT2D eigenvalue weighted by atomic mass is 31.2. The molecule has 0 heterocycles. The summed E-state index contributed by atoms with van der Waals surface area (Å²) in [6.45, 7) is 4.91.